The molecule has 4 heteroatoms. The van der Waals surface area contributed by atoms with Gasteiger partial charge >= 0.3 is 6.09 Å². The molecule has 0 radical (unpaired) electrons. The van der Waals surface area contributed by atoms with Crippen LogP contribution in [0.2, 0.25) is 0 Å². The standard InChI is InChI=1S/C13H19NO3/c1-5-17-13(15)14(16-4)12-9-7-6-8-11(12)10(2)3/h6-10H,5H2,1-4H3. The Bertz CT molecular complexity index is 377. The van der Waals surface area contributed by atoms with Crippen LogP contribution in [0.15, 0.2) is 24.3 Å². The van der Waals surface area contributed by atoms with Gasteiger partial charge in [0.2, 0.25) is 0 Å². The molecule has 1 amide bonds. The minimum Gasteiger partial charge on any atom is -0.448 e. The minimum atomic E-state index is -0.497. The van der Waals surface area contributed by atoms with Crippen LogP contribution in [0, 0.1) is 0 Å². The number of nitrogens with zero attached hydrogens (tertiary/aromatic N) is 1. The number of anilines is 1. The molecule has 17 heavy (non-hydrogen) atoms. The molecule has 0 N–H and O–H groups in total. The Morgan fingerprint density at radius 2 is 2.00 bits per heavy atom. The van der Waals surface area contributed by atoms with Crippen LogP contribution in [0.1, 0.15) is 32.3 Å². The van der Waals surface area contributed by atoms with E-state index in [-0.39, 0.29) is 0 Å². The van der Waals surface area contributed by atoms with Crippen molar-refractivity contribution in [2.45, 2.75) is 26.7 Å². The summed E-state index contributed by atoms with van der Waals surface area (Å²) in [6.45, 7) is 6.22. The molecule has 0 bridgehead atoms. The lowest BCUT2D eigenvalue weighted by atomic mass is 10.0. The van der Waals surface area contributed by atoms with Gasteiger partial charge in [0.05, 0.1) is 19.4 Å². The first-order valence-electron chi connectivity index (χ1n) is 5.71. The highest BCUT2D eigenvalue weighted by Gasteiger charge is 2.20. The molecular formula is C13H19NO3. The molecule has 0 aliphatic carbocycles. The maximum absolute atomic E-state index is 11.7. The number of hydroxylamine groups is 1. The van der Waals surface area contributed by atoms with E-state index in [2.05, 4.69) is 13.8 Å². The molecule has 0 atom stereocenters. The van der Waals surface area contributed by atoms with Crippen molar-refractivity contribution in [3.05, 3.63) is 29.8 Å². The SMILES string of the molecule is CCOC(=O)N(OC)c1ccccc1C(C)C. The minimum absolute atomic E-state index is 0.304. The summed E-state index contributed by atoms with van der Waals surface area (Å²) in [5.74, 6) is 0.304. The number of benzene rings is 1. The predicted molar refractivity (Wildman–Crippen MR) is 67.0 cm³/mol. The molecule has 94 valence electrons. The first-order valence-corrected chi connectivity index (χ1v) is 5.71. The molecule has 0 spiro atoms. The quantitative estimate of drug-likeness (QED) is 0.754. The Labute approximate surface area is 102 Å². The van der Waals surface area contributed by atoms with Gasteiger partial charge in [-0.1, -0.05) is 32.0 Å². The normalized spacial score (nSPS) is 10.4. The van der Waals surface area contributed by atoms with Crippen molar-refractivity contribution in [3.63, 3.8) is 0 Å². The van der Waals surface area contributed by atoms with E-state index in [9.17, 15) is 4.79 Å². The summed E-state index contributed by atoms with van der Waals surface area (Å²) in [5, 5.41) is 1.18. The summed E-state index contributed by atoms with van der Waals surface area (Å²) in [4.78, 5) is 16.8. The van der Waals surface area contributed by atoms with Gasteiger partial charge in [-0.3, -0.25) is 4.84 Å². The third-order valence-corrected chi connectivity index (χ3v) is 2.39. The van der Waals surface area contributed by atoms with Crippen molar-refractivity contribution in [2.75, 3.05) is 18.8 Å². The summed E-state index contributed by atoms with van der Waals surface area (Å²) in [6.07, 6.45) is -0.497. The van der Waals surface area contributed by atoms with Crippen molar-refractivity contribution in [1.82, 2.24) is 0 Å². The first-order chi connectivity index (χ1) is 8.11. The second kappa shape index (κ2) is 6.25. The van der Waals surface area contributed by atoms with E-state index in [0.29, 0.717) is 12.5 Å². The van der Waals surface area contributed by atoms with Crippen LogP contribution in [-0.2, 0) is 9.57 Å². The van der Waals surface area contributed by atoms with E-state index in [0.717, 1.165) is 11.3 Å². The van der Waals surface area contributed by atoms with E-state index < -0.39 is 6.09 Å². The Kier molecular flexibility index (Phi) is 4.97. The molecule has 0 unspecified atom stereocenters. The number of carbonyl (C=O) groups is 1. The Hall–Kier alpha value is -1.55. The smallest absolute Gasteiger partial charge is 0.438 e. The number of ether oxygens (including phenoxy) is 1. The number of rotatable bonds is 4. The van der Waals surface area contributed by atoms with E-state index in [1.54, 1.807) is 6.92 Å². The fourth-order valence-electron chi connectivity index (χ4n) is 1.61. The fourth-order valence-corrected chi connectivity index (χ4v) is 1.61. The predicted octanol–water partition coefficient (Wildman–Crippen LogP) is 3.33. The average molecular weight is 237 g/mol. The van der Waals surface area contributed by atoms with Crippen LogP contribution in [0.25, 0.3) is 0 Å². The highest BCUT2D eigenvalue weighted by Crippen LogP contribution is 2.27. The second-order valence-electron chi connectivity index (χ2n) is 3.89. The molecule has 4 nitrogen and oxygen atoms in total. The van der Waals surface area contributed by atoms with E-state index in [1.807, 2.05) is 24.3 Å². The van der Waals surface area contributed by atoms with Gasteiger partial charge in [-0.2, -0.15) is 5.06 Å². The van der Waals surface area contributed by atoms with Gasteiger partial charge in [0, 0.05) is 0 Å². The van der Waals surface area contributed by atoms with Crippen LogP contribution in [-0.4, -0.2) is 19.8 Å². The summed E-state index contributed by atoms with van der Waals surface area (Å²) in [7, 11) is 1.45. The lowest BCUT2D eigenvalue weighted by Gasteiger charge is -2.22. The average Bonchev–Trinajstić information content (AvgIpc) is 2.31. The fraction of sp³-hybridized carbons (Fsp3) is 0.462. The molecule has 1 rings (SSSR count). The number of para-hydroxylation sites is 1. The van der Waals surface area contributed by atoms with Gasteiger partial charge in [-0.05, 0) is 24.5 Å². The monoisotopic (exact) mass is 237 g/mol. The number of carbonyl (C=O) groups excluding carboxylic acids is 1. The summed E-state index contributed by atoms with van der Waals surface area (Å²) in [6, 6.07) is 7.63. The molecule has 0 heterocycles. The largest absolute Gasteiger partial charge is 0.448 e. The lowest BCUT2D eigenvalue weighted by Crippen LogP contribution is -2.31. The Balaban J connectivity index is 3.07. The van der Waals surface area contributed by atoms with Crippen molar-refractivity contribution < 1.29 is 14.4 Å². The molecule has 0 fully saturated rings. The number of hydrogen-bond donors (Lipinski definition) is 0. The maximum Gasteiger partial charge on any atom is 0.438 e. The lowest BCUT2D eigenvalue weighted by molar-refractivity contribution is 0.103. The zero-order chi connectivity index (χ0) is 12.8. The second-order valence-corrected chi connectivity index (χ2v) is 3.89. The van der Waals surface area contributed by atoms with Crippen LogP contribution < -0.4 is 5.06 Å². The highest BCUT2D eigenvalue weighted by atomic mass is 16.7. The molecule has 0 aromatic heterocycles. The Morgan fingerprint density at radius 1 is 1.35 bits per heavy atom. The van der Waals surface area contributed by atoms with Crippen molar-refractivity contribution in [3.8, 4) is 0 Å². The summed E-state index contributed by atoms with van der Waals surface area (Å²) >= 11 is 0. The third kappa shape index (κ3) is 3.20. The summed E-state index contributed by atoms with van der Waals surface area (Å²) in [5.41, 5.74) is 1.77. The van der Waals surface area contributed by atoms with Crippen LogP contribution in [0.3, 0.4) is 0 Å². The maximum atomic E-state index is 11.7. The van der Waals surface area contributed by atoms with Gasteiger partial charge in [-0.15, -0.1) is 0 Å². The molecular weight excluding hydrogens is 218 g/mol. The van der Waals surface area contributed by atoms with E-state index in [4.69, 9.17) is 9.57 Å². The van der Waals surface area contributed by atoms with Gasteiger partial charge in [-0.25, -0.2) is 4.79 Å². The van der Waals surface area contributed by atoms with Crippen molar-refractivity contribution in [2.24, 2.45) is 0 Å². The molecule has 1 aromatic rings. The van der Waals surface area contributed by atoms with Gasteiger partial charge in [0.1, 0.15) is 0 Å². The van der Waals surface area contributed by atoms with E-state index in [1.165, 1.54) is 12.2 Å². The molecule has 0 aliphatic rings. The zero-order valence-corrected chi connectivity index (χ0v) is 10.8. The van der Waals surface area contributed by atoms with Crippen LogP contribution >= 0.6 is 0 Å². The van der Waals surface area contributed by atoms with E-state index >= 15 is 0 Å². The van der Waals surface area contributed by atoms with Crippen molar-refractivity contribution >= 4 is 11.8 Å². The first kappa shape index (κ1) is 13.5. The number of hydrogen-bond acceptors (Lipinski definition) is 3. The van der Waals surface area contributed by atoms with Crippen LogP contribution in [0.5, 0.6) is 0 Å². The molecule has 0 saturated heterocycles. The topological polar surface area (TPSA) is 38.8 Å². The Morgan fingerprint density at radius 3 is 2.53 bits per heavy atom. The molecule has 0 saturated carbocycles. The summed E-state index contributed by atoms with van der Waals surface area (Å²) < 4.78 is 4.95. The number of amides is 1. The van der Waals surface area contributed by atoms with Gasteiger partial charge in [0.25, 0.3) is 0 Å². The van der Waals surface area contributed by atoms with Crippen LogP contribution in [0.4, 0.5) is 10.5 Å². The molecule has 0 aliphatic heterocycles. The third-order valence-electron chi connectivity index (χ3n) is 2.39. The highest BCUT2D eigenvalue weighted by molar-refractivity contribution is 5.86. The zero-order valence-electron chi connectivity index (χ0n) is 10.8. The van der Waals surface area contributed by atoms with Gasteiger partial charge in [0.15, 0.2) is 0 Å². The molecule has 1 aromatic carbocycles. The van der Waals surface area contributed by atoms with Gasteiger partial charge < -0.3 is 4.74 Å². The van der Waals surface area contributed by atoms with Crippen molar-refractivity contribution in [1.29, 1.82) is 0 Å².